The summed E-state index contributed by atoms with van der Waals surface area (Å²) in [4.78, 5) is 23.9. The number of carboxylic acid groups (broad SMARTS) is 1. The van der Waals surface area contributed by atoms with Crippen molar-refractivity contribution in [3.63, 3.8) is 0 Å². The van der Waals surface area contributed by atoms with Gasteiger partial charge in [-0.3, -0.25) is 9.59 Å². The predicted molar refractivity (Wildman–Crippen MR) is 71.1 cm³/mol. The molecular weight excluding hydrogens is 246 g/mol. The first-order chi connectivity index (χ1) is 9.04. The van der Waals surface area contributed by atoms with Crippen molar-refractivity contribution in [2.45, 2.75) is 33.1 Å². The first kappa shape index (κ1) is 17.0. The molecule has 0 aliphatic heterocycles. The second-order valence-electron chi connectivity index (χ2n) is 4.09. The summed E-state index contributed by atoms with van der Waals surface area (Å²) in [6, 6.07) is 1.85. The van der Waals surface area contributed by atoms with Crippen LogP contribution in [0.3, 0.4) is 0 Å². The summed E-state index contributed by atoms with van der Waals surface area (Å²) in [5, 5.41) is 19.9. The summed E-state index contributed by atoms with van der Waals surface area (Å²) in [6.07, 6.45) is 3.24. The molecule has 0 aliphatic rings. The third kappa shape index (κ3) is 7.82. The highest BCUT2D eigenvalue weighted by Crippen LogP contribution is 2.01. The van der Waals surface area contributed by atoms with Gasteiger partial charge in [0.25, 0.3) is 5.91 Å². The van der Waals surface area contributed by atoms with Crippen molar-refractivity contribution in [1.82, 2.24) is 10.2 Å². The van der Waals surface area contributed by atoms with Crippen LogP contribution in [0.2, 0.25) is 0 Å². The van der Waals surface area contributed by atoms with Crippen LogP contribution in [0, 0.1) is 11.3 Å². The molecule has 0 fully saturated rings. The van der Waals surface area contributed by atoms with Gasteiger partial charge in [0.1, 0.15) is 11.6 Å². The molecule has 6 nitrogen and oxygen atoms in total. The van der Waals surface area contributed by atoms with Gasteiger partial charge in [0, 0.05) is 25.8 Å². The molecule has 0 bridgehead atoms. The van der Waals surface area contributed by atoms with E-state index in [1.54, 1.807) is 6.20 Å². The fourth-order valence-corrected chi connectivity index (χ4v) is 1.51. The zero-order valence-electron chi connectivity index (χ0n) is 11.5. The standard InChI is InChI=1S/C13H21N3O3/c1-3-7-16(8-4-2)10-11(9-14)13(19)15-6-5-12(17)18/h10H,3-8H2,1-2H3,(H,15,19)(H,17,18)/b11-10-. The van der Waals surface area contributed by atoms with Gasteiger partial charge in [-0.25, -0.2) is 0 Å². The number of nitrogens with zero attached hydrogens (tertiary/aromatic N) is 2. The Hall–Kier alpha value is -2.03. The third-order valence-corrected chi connectivity index (χ3v) is 2.32. The van der Waals surface area contributed by atoms with Crippen molar-refractivity contribution in [2.75, 3.05) is 19.6 Å². The molecule has 0 aliphatic carbocycles. The van der Waals surface area contributed by atoms with Gasteiger partial charge in [-0.1, -0.05) is 13.8 Å². The van der Waals surface area contributed by atoms with E-state index in [9.17, 15) is 9.59 Å². The summed E-state index contributed by atoms with van der Waals surface area (Å²) in [5.74, 6) is -1.51. The van der Waals surface area contributed by atoms with E-state index in [0.717, 1.165) is 25.9 Å². The Balaban J connectivity index is 4.55. The molecule has 0 aromatic heterocycles. The van der Waals surface area contributed by atoms with Crippen LogP contribution in [0.5, 0.6) is 0 Å². The van der Waals surface area contributed by atoms with Crippen molar-refractivity contribution in [3.05, 3.63) is 11.8 Å². The maximum atomic E-state index is 11.7. The highest BCUT2D eigenvalue weighted by Gasteiger charge is 2.10. The molecule has 0 rings (SSSR count). The number of nitriles is 1. The van der Waals surface area contributed by atoms with Crippen molar-refractivity contribution in [3.8, 4) is 6.07 Å². The smallest absolute Gasteiger partial charge is 0.305 e. The zero-order chi connectivity index (χ0) is 14.7. The Morgan fingerprint density at radius 3 is 2.32 bits per heavy atom. The van der Waals surface area contributed by atoms with Crippen LogP contribution in [-0.4, -0.2) is 41.5 Å². The van der Waals surface area contributed by atoms with Crippen LogP contribution in [-0.2, 0) is 9.59 Å². The second-order valence-corrected chi connectivity index (χ2v) is 4.09. The van der Waals surface area contributed by atoms with E-state index in [2.05, 4.69) is 5.32 Å². The minimum Gasteiger partial charge on any atom is -0.481 e. The molecule has 0 unspecified atom stereocenters. The highest BCUT2D eigenvalue weighted by molar-refractivity contribution is 5.97. The van der Waals surface area contributed by atoms with Gasteiger partial charge in [0.2, 0.25) is 0 Å². The van der Waals surface area contributed by atoms with E-state index >= 15 is 0 Å². The summed E-state index contributed by atoms with van der Waals surface area (Å²) < 4.78 is 0. The van der Waals surface area contributed by atoms with E-state index in [0.29, 0.717) is 0 Å². The quantitative estimate of drug-likeness (QED) is 0.482. The van der Waals surface area contributed by atoms with E-state index in [4.69, 9.17) is 10.4 Å². The fourth-order valence-electron chi connectivity index (χ4n) is 1.51. The van der Waals surface area contributed by atoms with Crippen LogP contribution in [0.4, 0.5) is 0 Å². The lowest BCUT2D eigenvalue weighted by molar-refractivity contribution is -0.136. The van der Waals surface area contributed by atoms with Crippen LogP contribution < -0.4 is 5.32 Å². The van der Waals surface area contributed by atoms with Crippen molar-refractivity contribution < 1.29 is 14.7 Å². The molecule has 0 spiro atoms. The van der Waals surface area contributed by atoms with Crippen LogP contribution >= 0.6 is 0 Å². The molecule has 19 heavy (non-hydrogen) atoms. The molecule has 0 aromatic carbocycles. The lowest BCUT2D eigenvalue weighted by Gasteiger charge is -2.19. The Kier molecular flexibility index (Phi) is 8.88. The SMILES string of the molecule is CCCN(/C=C(/C#N)C(=O)NCCC(=O)O)CCC. The van der Waals surface area contributed by atoms with Crippen LogP contribution in [0.25, 0.3) is 0 Å². The van der Waals surface area contributed by atoms with E-state index in [-0.39, 0.29) is 18.5 Å². The number of amides is 1. The number of rotatable bonds is 9. The summed E-state index contributed by atoms with van der Waals surface area (Å²) in [7, 11) is 0. The molecule has 1 amide bonds. The molecule has 6 heteroatoms. The maximum absolute atomic E-state index is 11.7. The van der Waals surface area contributed by atoms with Gasteiger partial charge in [-0.15, -0.1) is 0 Å². The number of hydrogen-bond acceptors (Lipinski definition) is 4. The summed E-state index contributed by atoms with van der Waals surface area (Å²) in [5.41, 5.74) is 0.00675. The molecule has 0 radical (unpaired) electrons. The molecule has 0 atom stereocenters. The fraction of sp³-hybridized carbons (Fsp3) is 0.615. The maximum Gasteiger partial charge on any atom is 0.305 e. The van der Waals surface area contributed by atoms with Gasteiger partial charge < -0.3 is 15.3 Å². The number of carboxylic acids is 1. The molecule has 0 saturated carbocycles. The van der Waals surface area contributed by atoms with Crippen LogP contribution in [0.15, 0.2) is 11.8 Å². The summed E-state index contributed by atoms with van der Waals surface area (Å²) >= 11 is 0. The van der Waals surface area contributed by atoms with Crippen LogP contribution in [0.1, 0.15) is 33.1 Å². The first-order valence-corrected chi connectivity index (χ1v) is 6.41. The van der Waals surface area contributed by atoms with E-state index < -0.39 is 11.9 Å². The zero-order valence-corrected chi connectivity index (χ0v) is 11.5. The largest absolute Gasteiger partial charge is 0.481 e. The Labute approximate surface area is 113 Å². The Bertz CT molecular complexity index is 366. The van der Waals surface area contributed by atoms with E-state index in [1.807, 2.05) is 24.8 Å². The van der Waals surface area contributed by atoms with Crippen molar-refractivity contribution in [1.29, 1.82) is 5.26 Å². The third-order valence-electron chi connectivity index (χ3n) is 2.32. The van der Waals surface area contributed by atoms with Gasteiger partial charge in [0.05, 0.1) is 6.42 Å². The van der Waals surface area contributed by atoms with Crippen molar-refractivity contribution in [2.24, 2.45) is 0 Å². The molecular formula is C13H21N3O3. The Morgan fingerprint density at radius 2 is 1.89 bits per heavy atom. The molecule has 0 saturated heterocycles. The number of hydrogen-bond donors (Lipinski definition) is 2. The Morgan fingerprint density at radius 1 is 1.32 bits per heavy atom. The number of aliphatic carboxylic acids is 1. The molecule has 0 aromatic rings. The number of carbonyl (C=O) groups excluding carboxylic acids is 1. The van der Waals surface area contributed by atoms with Gasteiger partial charge in [-0.2, -0.15) is 5.26 Å². The monoisotopic (exact) mass is 267 g/mol. The highest BCUT2D eigenvalue weighted by atomic mass is 16.4. The second kappa shape index (κ2) is 9.95. The predicted octanol–water partition coefficient (Wildman–Crippen LogP) is 1.11. The van der Waals surface area contributed by atoms with Crippen molar-refractivity contribution >= 4 is 11.9 Å². The number of carbonyl (C=O) groups is 2. The summed E-state index contributed by atoms with van der Waals surface area (Å²) in [6.45, 7) is 5.63. The molecule has 106 valence electrons. The topological polar surface area (TPSA) is 93.4 Å². The first-order valence-electron chi connectivity index (χ1n) is 6.41. The van der Waals surface area contributed by atoms with Gasteiger partial charge in [-0.05, 0) is 12.8 Å². The lowest BCUT2D eigenvalue weighted by atomic mass is 10.2. The minimum absolute atomic E-state index is 0.00675. The van der Waals surface area contributed by atoms with Gasteiger partial charge >= 0.3 is 5.97 Å². The van der Waals surface area contributed by atoms with Gasteiger partial charge in [0.15, 0.2) is 0 Å². The minimum atomic E-state index is -0.985. The molecule has 2 N–H and O–H groups in total. The average Bonchev–Trinajstić information content (AvgIpc) is 2.35. The van der Waals surface area contributed by atoms with E-state index in [1.165, 1.54) is 0 Å². The lowest BCUT2D eigenvalue weighted by Crippen LogP contribution is -2.29. The normalized spacial score (nSPS) is 10.7. The number of nitrogens with one attached hydrogen (secondary N) is 1. The molecule has 0 heterocycles. The average molecular weight is 267 g/mol.